The lowest BCUT2D eigenvalue weighted by molar-refractivity contribution is -0.157. The topological polar surface area (TPSA) is 35.5 Å². The van der Waals surface area contributed by atoms with Crippen molar-refractivity contribution in [1.82, 2.24) is 0 Å². The third-order valence-corrected chi connectivity index (χ3v) is 2.33. The molecule has 1 rings (SSSR count). The first-order valence-electron chi connectivity index (χ1n) is 5.39. The van der Waals surface area contributed by atoms with Gasteiger partial charge in [0.25, 0.3) is 0 Å². The van der Waals surface area contributed by atoms with Crippen molar-refractivity contribution in [3.05, 3.63) is 28.8 Å². The van der Waals surface area contributed by atoms with E-state index >= 15 is 0 Å². The summed E-state index contributed by atoms with van der Waals surface area (Å²) >= 11 is 5.88. The number of aryl methyl sites for hydroxylation is 1. The zero-order chi connectivity index (χ0) is 13.1. The Hall–Kier alpha value is -1.22. The van der Waals surface area contributed by atoms with Crippen LogP contribution in [0.15, 0.2) is 18.2 Å². The number of carbonyl (C=O) groups is 1. The van der Waals surface area contributed by atoms with E-state index in [9.17, 15) is 4.79 Å². The fraction of sp³-hybridized carbons (Fsp3) is 0.462. The molecule has 0 saturated carbocycles. The molecule has 0 bridgehead atoms. The molecule has 0 aliphatic heterocycles. The van der Waals surface area contributed by atoms with Gasteiger partial charge in [0, 0.05) is 5.02 Å². The SMILES string of the molecule is Cc1cc(OCC(=O)OC(C)(C)C)ccc1Cl. The fourth-order valence-electron chi connectivity index (χ4n) is 1.22. The minimum atomic E-state index is -0.490. The Morgan fingerprint density at radius 1 is 1.35 bits per heavy atom. The number of hydrogen-bond donors (Lipinski definition) is 0. The van der Waals surface area contributed by atoms with E-state index in [-0.39, 0.29) is 12.6 Å². The summed E-state index contributed by atoms with van der Waals surface area (Å²) < 4.78 is 10.4. The molecule has 0 aromatic heterocycles. The highest BCUT2D eigenvalue weighted by molar-refractivity contribution is 6.31. The Balaban J connectivity index is 2.50. The second kappa shape index (κ2) is 5.41. The standard InChI is InChI=1S/C13H17ClO3/c1-9-7-10(5-6-11(9)14)16-8-12(15)17-13(2,3)4/h5-7H,8H2,1-4H3. The van der Waals surface area contributed by atoms with Gasteiger partial charge in [-0.15, -0.1) is 0 Å². The van der Waals surface area contributed by atoms with Crippen molar-refractivity contribution in [2.45, 2.75) is 33.3 Å². The fourth-order valence-corrected chi connectivity index (χ4v) is 1.34. The lowest BCUT2D eigenvalue weighted by Crippen LogP contribution is -2.27. The first kappa shape index (κ1) is 13.8. The Morgan fingerprint density at radius 2 is 2.00 bits per heavy atom. The minimum Gasteiger partial charge on any atom is -0.482 e. The molecule has 0 saturated heterocycles. The third kappa shape index (κ3) is 5.09. The molecular weight excluding hydrogens is 240 g/mol. The normalized spacial score (nSPS) is 11.1. The van der Waals surface area contributed by atoms with E-state index < -0.39 is 5.60 Å². The van der Waals surface area contributed by atoms with Crippen molar-refractivity contribution >= 4 is 17.6 Å². The number of hydrogen-bond acceptors (Lipinski definition) is 3. The van der Waals surface area contributed by atoms with Crippen LogP contribution in [0.5, 0.6) is 5.75 Å². The van der Waals surface area contributed by atoms with Crippen LogP contribution in [-0.2, 0) is 9.53 Å². The summed E-state index contributed by atoms with van der Waals surface area (Å²) in [7, 11) is 0. The van der Waals surface area contributed by atoms with Gasteiger partial charge in [-0.25, -0.2) is 4.79 Å². The van der Waals surface area contributed by atoms with Crippen LogP contribution < -0.4 is 4.74 Å². The van der Waals surface area contributed by atoms with Gasteiger partial charge in [-0.2, -0.15) is 0 Å². The monoisotopic (exact) mass is 256 g/mol. The number of esters is 1. The van der Waals surface area contributed by atoms with Gasteiger partial charge in [0.05, 0.1) is 0 Å². The van der Waals surface area contributed by atoms with Gasteiger partial charge < -0.3 is 9.47 Å². The molecule has 3 nitrogen and oxygen atoms in total. The van der Waals surface area contributed by atoms with E-state index in [2.05, 4.69) is 0 Å². The Bertz CT molecular complexity index is 408. The molecule has 0 aliphatic rings. The quantitative estimate of drug-likeness (QED) is 0.778. The van der Waals surface area contributed by atoms with Gasteiger partial charge in [0.15, 0.2) is 6.61 Å². The molecule has 0 spiro atoms. The first-order valence-corrected chi connectivity index (χ1v) is 5.76. The van der Waals surface area contributed by atoms with Gasteiger partial charge in [0.2, 0.25) is 0 Å². The number of ether oxygens (including phenoxy) is 2. The summed E-state index contributed by atoms with van der Waals surface area (Å²) in [6.45, 7) is 7.23. The van der Waals surface area contributed by atoms with E-state index in [1.165, 1.54) is 0 Å². The summed E-state index contributed by atoms with van der Waals surface area (Å²) in [5.41, 5.74) is 0.421. The second-order valence-corrected chi connectivity index (χ2v) is 5.19. The summed E-state index contributed by atoms with van der Waals surface area (Å²) in [5.74, 6) is 0.225. The molecule has 0 aliphatic carbocycles. The molecule has 94 valence electrons. The number of carbonyl (C=O) groups excluding carboxylic acids is 1. The molecule has 0 N–H and O–H groups in total. The molecular formula is C13H17ClO3. The van der Waals surface area contributed by atoms with Crippen LogP contribution in [0.4, 0.5) is 0 Å². The predicted octanol–water partition coefficient (Wildman–Crippen LogP) is 3.37. The maximum Gasteiger partial charge on any atom is 0.344 e. The van der Waals surface area contributed by atoms with E-state index in [0.717, 1.165) is 5.56 Å². The number of rotatable bonds is 3. The first-order chi connectivity index (χ1) is 7.78. The van der Waals surface area contributed by atoms with Crippen molar-refractivity contribution in [3.63, 3.8) is 0 Å². The Morgan fingerprint density at radius 3 is 2.53 bits per heavy atom. The molecule has 4 heteroatoms. The second-order valence-electron chi connectivity index (χ2n) is 4.79. The van der Waals surface area contributed by atoms with E-state index in [1.54, 1.807) is 18.2 Å². The van der Waals surface area contributed by atoms with Crippen LogP contribution in [0.3, 0.4) is 0 Å². The maximum absolute atomic E-state index is 11.4. The predicted molar refractivity (Wildman–Crippen MR) is 67.5 cm³/mol. The van der Waals surface area contributed by atoms with Gasteiger partial charge in [0.1, 0.15) is 11.4 Å². The Kier molecular flexibility index (Phi) is 4.40. The van der Waals surface area contributed by atoms with Crippen molar-refractivity contribution in [3.8, 4) is 5.75 Å². The lowest BCUT2D eigenvalue weighted by atomic mass is 10.2. The van der Waals surface area contributed by atoms with Crippen LogP contribution in [0.1, 0.15) is 26.3 Å². The Labute approximate surface area is 107 Å². The molecule has 0 radical (unpaired) electrons. The van der Waals surface area contributed by atoms with Crippen LogP contribution >= 0.6 is 11.6 Å². The van der Waals surface area contributed by atoms with Gasteiger partial charge >= 0.3 is 5.97 Å². The van der Waals surface area contributed by atoms with Crippen LogP contribution in [0.2, 0.25) is 5.02 Å². The van der Waals surface area contributed by atoms with E-state index in [1.807, 2.05) is 27.7 Å². The van der Waals surface area contributed by atoms with Crippen molar-refractivity contribution in [2.75, 3.05) is 6.61 Å². The number of benzene rings is 1. The molecule has 0 fully saturated rings. The van der Waals surface area contributed by atoms with Crippen molar-refractivity contribution in [1.29, 1.82) is 0 Å². The highest BCUT2D eigenvalue weighted by Gasteiger charge is 2.16. The van der Waals surface area contributed by atoms with Gasteiger partial charge in [-0.05, 0) is 51.5 Å². The van der Waals surface area contributed by atoms with Crippen molar-refractivity contribution in [2.24, 2.45) is 0 Å². The molecule has 17 heavy (non-hydrogen) atoms. The maximum atomic E-state index is 11.4. The van der Waals surface area contributed by atoms with Gasteiger partial charge in [-0.3, -0.25) is 0 Å². The highest BCUT2D eigenvalue weighted by Crippen LogP contribution is 2.21. The molecule has 0 heterocycles. The van der Waals surface area contributed by atoms with Crippen molar-refractivity contribution < 1.29 is 14.3 Å². The molecule has 1 aromatic carbocycles. The zero-order valence-corrected chi connectivity index (χ0v) is 11.3. The largest absolute Gasteiger partial charge is 0.482 e. The minimum absolute atomic E-state index is 0.0989. The average Bonchev–Trinajstić information content (AvgIpc) is 2.17. The molecule has 0 unspecified atom stereocenters. The molecule has 1 aromatic rings. The lowest BCUT2D eigenvalue weighted by Gasteiger charge is -2.19. The van der Waals surface area contributed by atoms with Crippen LogP contribution in [0, 0.1) is 6.92 Å². The highest BCUT2D eigenvalue weighted by atomic mass is 35.5. The summed E-state index contributed by atoms with van der Waals surface area (Å²) in [5, 5.41) is 0.676. The van der Waals surface area contributed by atoms with Gasteiger partial charge in [-0.1, -0.05) is 11.6 Å². The summed E-state index contributed by atoms with van der Waals surface area (Å²) in [6.07, 6.45) is 0. The van der Waals surface area contributed by atoms with Crippen LogP contribution in [-0.4, -0.2) is 18.2 Å². The summed E-state index contributed by atoms with van der Waals surface area (Å²) in [6, 6.07) is 5.24. The molecule has 0 amide bonds. The molecule has 0 atom stereocenters. The van der Waals surface area contributed by atoms with Crippen LogP contribution in [0.25, 0.3) is 0 Å². The average molecular weight is 257 g/mol. The van der Waals surface area contributed by atoms with E-state index in [0.29, 0.717) is 10.8 Å². The third-order valence-electron chi connectivity index (χ3n) is 1.91. The smallest absolute Gasteiger partial charge is 0.344 e. The number of halogens is 1. The van der Waals surface area contributed by atoms with E-state index in [4.69, 9.17) is 21.1 Å². The summed E-state index contributed by atoms with van der Waals surface area (Å²) in [4.78, 5) is 11.4. The zero-order valence-electron chi connectivity index (χ0n) is 10.5.